The van der Waals surface area contributed by atoms with Gasteiger partial charge in [-0.25, -0.2) is 0 Å². The molecule has 2 aromatic carbocycles. The third-order valence-corrected chi connectivity index (χ3v) is 5.53. The molecule has 1 aromatic heterocycles. The van der Waals surface area contributed by atoms with Crippen LogP contribution in [0.5, 0.6) is 11.5 Å². The monoisotopic (exact) mass is 381 g/mol. The first-order valence-electron chi connectivity index (χ1n) is 9.61. The Morgan fingerprint density at radius 2 is 1.82 bits per heavy atom. The first kappa shape index (κ1) is 20.0. The van der Waals surface area contributed by atoms with Crippen LogP contribution in [0.1, 0.15) is 28.5 Å². The van der Waals surface area contributed by atoms with Gasteiger partial charge in [-0.15, -0.1) is 0 Å². The maximum absolute atomic E-state index is 13.2. The Balaban J connectivity index is 1.71. The molecule has 3 rings (SSSR count). The second kappa shape index (κ2) is 8.48. The number of likely N-dealkylation sites (N-methyl/N-ethyl adjacent to an activating group) is 1. The van der Waals surface area contributed by atoms with E-state index in [-0.39, 0.29) is 11.8 Å². The number of ether oxygens (including phenoxy) is 2. The summed E-state index contributed by atoms with van der Waals surface area (Å²) in [5.74, 6) is 1.64. The molecule has 0 saturated carbocycles. The highest BCUT2D eigenvalue weighted by atomic mass is 16.5. The average Bonchev–Trinajstić information content (AvgIpc) is 3.06. The summed E-state index contributed by atoms with van der Waals surface area (Å²) in [6.45, 7) is 4.83. The van der Waals surface area contributed by atoms with Crippen LogP contribution in [0.25, 0.3) is 10.9 Å². The molecule has 0 aliphatic rings. The number of aromatic nitrogens is 1. The standard InChI is InChI=1S/C23H28N2O3/c1-15-22(18-8-6-7-9-19(18)24-15)23(26)16(2)25(3)13-12-17-10-11-20(27-4)21(14-17)28-5/h6-11,14,16,24H,12-13H2,1-5H3/p+1/t16-/m1/s1. The molecule has 5 heteroatoms. The maximum atomic E-state index is 13.2. The van der Waals surface area contributed by atoms with Crippen molar-refractivity contribution in [1.29, 1.82) is 0 Å². The lowest BCUT2D eigenvalue weighted by Crippen LogP contribution is -3.13. The smallest absolute Gasteiger partial charge is 0.222 e. The van der Waals surface area contributed by atoms with Gasteiger partial charge in [0.2, 0.25) is 5.78 Å². The van der Waals surface area contributed by atoms with Gasteiger partial charge in [0.1, 0.15) is 6.04 Å². The summed E-state index contributed by atoms with van der Waals surface area (Å²) in [4.78, 5) is 17.7. The molecule has 0 fully saturated rings. The minimum absolute atomic E-state index is 0.127. The Labute approximate surface area is 166 Å². The molecule has 2 N–H and O–H groups in total. The topological polar surface area (TPSA) is 55.8 Å². The molecule has 0 spiro atoms. The largest absolute Gasteiger partial charge is 0.493 e. The van der Waals surface area contributed by atoms with Gasteiger partial charge in [0.05, 0.1) is 33.4 Å². The van der Waals surface area contributed by atoms with Crippen molar-refractivity contribution >= 4 is 16.7 Å². The normalized spacial score (nSPS) is 13.3. The van der Waals surface area contributed by atoms with E-state index in [4.69, 9.17) is 9.47 Å². The number of benzene rings is 2. The number of para-hydroxylation sites is 1. The Morgan fingerprint density at radius 1 is 1.11 bits per heavy atom. The Kier molecular flexibility index (Phi) is 6.05. The lowest BCUT2D eigenvalue weighted by atomic mass is 10.0. The molecule has 148 valence electrons. The number of carbonyl (C=O) groups excluding carboxylic acids is 1. The SMILES string of the molecule is COc1ccc(CC[NH+](C)[C@H](C)C(=O)c2c(C)[nH]c3ccccc23)cc1OC. The minimum atomic E-state index is -0.127. The van der Waals surface area contributed by atoms with Gasteiger partial charge in [0.25, 0.3) is 0 Å². The van der Waals surface area contributed by atoms with E-state index >= 15 is 0 Å². The minimum Gasteiger partial charge on any atom is -0.493 e. The molecular weight excluding hydrogens is 352 g/mol. The number of methoxy groups -OCH3 is 2. The summed E-state index contributed by atoms with van der Waals surface area (Å²) in [5, 5.41) is 1.00. The van der Waals surface area contributed by atoms with Gasteiger partial charge in [0.15, 0.2) is 11.5 Å². The third kappa shape index (κ3) is 3.90. The summed E-state index contributed by atoms with van der Waals surface area (Å²) in [7, 11) is 5.35. The number of hydrogen-bond acceptors (Lipinski definition) is 3. The van der Waals surface area contributed by atoms with E-state index in [2.05, 4.69) is 12.0 Å². The van der Waals surface area contributed by atoms with Gasteiger partial charge < -0.3 is 19.4 Å². The number of aryl methyl sites for hydroxylation is 1. The van der Waals surface area contributed by atoms with Crippen LogP contribution < -0.4 is 14.4 Å². The number of Topliss-reactive ketones (excluding diaryl/α,β-unsaturated/α-hetero) is 1. The molecule has 0 aliphatic carbocycles. The number of nitrogens with one attached hydrogen (secondary N) is 2. The van der Waals surface area contributed by atoms with E-state index in [1.54, 1.807) is 14.2 Å². The van der Waals surface area contributed by atoms with Crippen molar-refractivity contribution in [3.05, 3.63) is 59.3 Å². The van der Waals surface area contributed by atoms with Crippen molar-refractivity contribution in [2.75, 3.05) is 27.8 Å². The number of hydrogen-bond donors (Lipinski definition) is 2. The second-order valence-corrected chi connectivity index (χ2v) is 7.29. The maximum Gasteiger partial charge on any atom is 0.222 e. The molecule has 1 unspecified atom stereocenters. The number of aromatic amines is 1. The lowest BCUT2D eigenvalue weighted by molar-refractivity contribution is -0.893. The van der Waals surface area contributed by atoms with Gasteiger partial charge >= 0.3 is 0 Å². The lowest BCUT2D eigenvalue weighted by Gasteiger charge is -2.21. The number of fused-ring (bicyclic) bond motifs is 1. The van der Waals surface area contributed by atoms with Crippen molar-refractivity contribution < 1.29 is 19.2 Å². The molecule has 0 aliphatic heterocycles. The molecule has 1 heterocycles. The fourth-order valence-corrected chi connectivity index (χ4v) is 3.63. The van der Waals surface area contributed by atoms with Crippen LogP contribution >= 0.6 is 0 Å². The molecule has 28 heavy (non-hydrogen) atoms. The highest BCUT2D eigenvalue weighted by Gasteiger charge is 2.27. The van der Waals surface area contributed by atoms with Crippen molar-refractivity contribution in [2.45, 2.75) is 26.3 Å². The summed E-state index contributed by atoms with van der Waals surface area (Å²) < 4.78 is 10.7. The first-order chi connectivity index (χ1) is 13.5. The predicted octanol–water partition coefficient (Wildman–Crippen LogP) is 2.82. The van der Waals surface area contributed by atoms with Crippen LogP contribution in [0.15, 0.2) is 42.5 Å². The quantitative estimate of drug-likeness (QED) is 0.590. The van der Waals surface area contributed by atoms with Gasteiger partial charge in [-0.3, -0.25) is 4.79 Å². The molecular formula is C23H29N2O3+. The summed E-state index contributed by atoms with van der Waals surface area (Å²) in [6.07, 6.45) is 0.858. The van der Waals surface area contributed by atoms with Crippen molar-refractivity contribution in [1.82, 2.24) is 4.98 Å². The number of H-pyrrole nitrogens is 1. The molecule has 3 aromatic rings. The van der Waals surface area contributed by atoms with E-state index in [9.17, 15) is 4.79 Å². The van der Waals surface area contributed by atoms with Gasteiger partial charge in [-0.05, 0) is 37.6 Å². The van der Waals surface area contributed by atoms with Crippen LogP contribution in [0.4, 0.5) is 0 Å². The number of carbonyl (C=O) groups is 1. The number of rotatable bonds is 8. The van der Waals surface area contributed by atoms with Crippen LogP contribution in [0.2, 0.25) is 0 Å². The Morgan fingerprint density at radius 3 is 2.54 bits per heavy atom. The van der Waals surface area contributed by atoms with E-state index in [0.717, 1.165) is 46.6 Å². The summed E-state index contributed by atoms with van der Waals surface area (Å²) in [6, 6.07) is 13.8. The second-order valence-electron chi connectivity index (χ2n) is 7.29. The average molecular weight is 381 g/mol. The summed E-state index contributed by atoms with van der Waals surface area (Å²) in [5.41, 5.74) is 3.93. The van der Waals surface area contributed by atoms with Gasteiger partial charge in [-0.2, -0.15) is 0 Å². The highest BCUT2D eigenvalue weighted by Crippen LogP contribution is 2.27. The zero-order valence-corrected chi connectivity index (χ0v) is 17.3. The third-order valence-electron chi connectivity index (χ3n) is 5.53. The van der Waals surface area contributed by atoms with Crippen molar-refractivity contribution in [3.8, 4) is 11.5 Å². The number of ketones is 1. The zero-order chi connectivity index (χ0) is 20.3. The molecule has 0 saturated heterocycles. The zero-order valence-electron chi connectivity index (χ0n) is 17.3. The molecule has 5 nitrogen and oxygen atoms in total. The first-order valence-corrected chi connectivity index (χ1v) is 9.61. The van der Waals surface area contributed by atoms with E-state index in [1.165, 1.54) is 10.5 Å². The van der Waals surface area contributed by atoms with Gasteiger partial charge in [0, 0.05) is 23.0 Å². The molecule has 0 radical (unpaired) electrons. The van der Waals surface area contributed by atoms with Gasteiger partial charge in [-0.1, -0.05) is 24.3 Å². The fraction of sp³-hybridized carbons (Fsp3) is 0.348. The summed E-state index contributed by atoms with van der Waals surface area (Å²) >= 11 is 0. The fourth-order valence-electron chi connectivity index (χ4n) is 3.63. The van der Waals surface area contributed by atoms with Crippen LogP contribution in [-0.2, 0) is 6.42 Å². The van der Waals surface area contributed by atoms with Crippen LogP contribution in [-0.4, -0.2) is 44.6 Å². The van der Waals surface area contributed by atoms with Crippen molar-refractivity contribution in [2.24, 2.45) is 0 Å². The van der Waals surface area contributed by atoms with Crippen molar-refractivity contribution in [3.63, 3.8) is 0 Å². The van der Waals surface area contributed by atoms with Crippen LogP contribution in [0.3, 0.4) is 0 Å². The molecule has 0 bridgehead atoms. The molecule has 0 amide bonds. The number of quaternary nitrogens is 1. The van der Waals surface area contributed by atoms with Crippen LogP contribution in [0, 0.1) is 6.92 Å². The molecule has 2 atom stereocenters. The van der Waals surface area contributed by atoms with E-state index in [0.29, 0.717) is 0 Å². The Hall–Kier alpha value is -2.79. The highest BCUT2D eigenvalue weighted by molar-refractivity contribution is 6.10. The van der Waals surface area contributed by atoms with E-state index in [1.807, 2.05) is 56.3 Å². The predicted molar refractivity (Wildman–Crippen MR) is 112 cm³/mol. The Bertz CT molecular complexity index is 977. The van der Waals surface area contributed by atoms with E-state index < -0.39 is 0 Å².